The fourth-order valence-electron chi connectivity index (χ4n) is 4.73. The van der Waals surface area contributed by atoms with Crippen LogP contribution >= 0.6 is 11.3 Å². The number of nitrogens with two attached hydrogens (primary N) is 1. The number of hydrogen-bond acceptors (Lipinski definition) is 5. The number of sulfone groups is 1. The third-order valence-corrected chi connectivity index (χ3v) is 11.3. The van der Waals surface area contributed by atoms with Gasteiger partial charge in [0.05, 0.1) is 11.3 Å². The van der Waals surface area contributed by atoms with Crippen LogP contribution in [0, 0.1) is 0 Å². The maximum Gasteiger partial charge on any atom is 0.165 e. The fraction of sp³-hybridized carbons (Fsp3) is 0.458. The first kappa shape index (κ1) is 20.0. The smallest absolute Gasteiger partial charge is 0.165 e. The molecule has 0 spiro atoms. The summed E-state index contributed by atoms with van der Waals surface area (Å²) in [6.07, 6.45) is 3.76. The molecule has 2 aromatic carbocycles. The van der Waals surface area contributed by atoms with Gasteiger partial charge in [-0.05, 0) is 74.8 Å². The largest absolute Gasteiger partial charge is 0.386 e. The van der Waals surface area contributed by atoms with Gasteiger partial charge in [-0.1, -0.05) is 25.1 Å². The standard InChI is InChI=1S/C24H28N2O2S2/c1-5-24(10-11-24)16-6-8-17-18-12-15(7-9-19(18)29-20(17)13-16)23(4)14-30(27,28)22(2,3)21(25)26-23/h6-9,12-13H,5,10-11,14H2,1-4H3,(H2,25,26)/t23-/m0/s1. The van der Waals surface area contributed by atoms with Crippen LogP contribution < -0.4 is 5.73 Å². The summed E-state index contributed by atoms with van der Waals surface area (Å²) in [6.45, 7) is 7.42. The Bertz CT molecular complexity index is 1330. The molecular weight excluding hydrogens is 412 g/mol. The minimum Gasteiger partial charge on any atom is -0.386 e. The fourth-order valence-corrected chi connectivity index (χ4v) is 7.55. The van der Waals surface area contributed by atoms with Crippen LogP contribution in [0.2, 0.25) is 0 Å². The van der Waals surface area contributed by atoms with Gasteiger partial charge in [0.15, 0.2) is 9.84 Å². The number of benzene rings is 2. The minimum atomic E-state index is -3.42. The number of rotatable bonds is 3. The van der Waals surface area contributed by atoms with Crippen LogP contribution in [-0.4, -0.2) is 24.8 Å². The summed E-state index contributed by atoms with van der Waals surface area (Å²) in [5.41, 5.74) is 8.00. The Balaban J connectivity index is 1.65. The summed E-state index contributed by atoms with van der Waals surface area (Å²) < 4.78 is 27.3. The summed E-state index contributed by atoms with van der Waals surface area (Å²) in [5, 5.41) is 2.39. The van der Waals surface area contributed by atoms with Gasteiger partial charge in [-0.15, -0.1) is 11.3 Å². The molecule has 1 aliphatic carbocycles. The maximum absolute atomic E-state index is 12.9. The average Bonchev–Trinajstić information content (AvgIpc) is 3.40. The Morgan fingerprint density at radius 1 is 1.00 bits per heavy atom. The van der Waals surface area contributed by atoms with E-state index in [1.807, 2.05) is 13.0 Å². The third-order valence-electron chi connectivity index (χ3n) is 7.47. The molecule has 1 fully saturated rings. The Labute approximate surface area is 182 Å². The highest BCUT2D eigenvalue weighted by Crippen LogP contribution is 2.52. The normalized spacial score (nSPS) is 26.6. The molecule has 0 saturated heterocycles. The summed E-state index contributed by atoms with van der Waals surface area (Å²) >= 11 is 1.81. The van der Waals surface area contributed by atoms with Crippen LogP contribution in [0.5, 0.6) is 0 Å². The van der Waals surface area contributed by atoms with Crippen molar-refractivity contribution in [2.24, 2.45) is 10.7 Å². The van der Waals surface area contributed by atoms with Gasteiger partial charge in [-0.3, -0.25) is 4.99 Å². The molecule has 1 atom stereocenters. The van der Waals surface area contributed by atoms with Gasteiger partial charge in [0.25, 0.3) is 0 Å². The third kappa shape index (κ3) is 2.69. The quantitative estimate of drug-likeness (QED) is 0.602. The molecule has 5 rings (SSSR count). The van der Waals surface area contributed by atoms with Gasteiger partial charge in [-0.2, -0.15) is 0 Å². The highest BCUT2D eigenvalue weighted by atomic mass is 32.2. The van der Waals surface area contributed by atoms with E-state index >= 15 is 0 Å². The number of hydrogen-bond donors (Lipinski definition) is 1. The number of aliphatic imine (C=N–C) groups is 1. The molecule has 6 heteroatoms. The van der Waals surface area contributed by atoms with Crippen LogP contribution in [0.15, 0.2) is 41.4 Å². The SMILES string of the molecule is CCC1(c2ccc3c(c2)sc2ccc([C@]4(C)CS(=O)(=O)C(C)(C)C(N)=N4)cc23)CC1. The molecular formula is C24H28N2O2S2. The van der Waals surface area contributed by atoms with E-state index in [2.05, 4.69) is 42.2 Å². The van der Waals surface area contributed by atoms with E-state index in [4.69, 9.17) is 5.73 Å². The second-order valence-electron chi connectivity index (χ2n) is 9.70. The Kier molecular flexibility index (Phi) is 4.05. The van der Waals surface area contributed by atoms with E-state index in [0.29, 0.717) is 5.41 Å². The van der Waals surface area contributed by atoms with Crippen molar-refractivity contribution in [2.75, 3.05) is 5.75 Å². The Morgan fingerprint density at radius 2 is 1.70 bits per heavy atom. The van der Waals surface area contributed by atoms with Crippen LogP contribution in [-0.2, 0) is 20.8 Å². The van der Waals surface area contributed by atoms with Crippen molar-refractivity contribution in [3.8, 4) is 0 Å². The molecule has 2 heterocycles. The molecule has 2 N–H and O–H groups in total. The van der Waals surface area contributed by atoms with E-state index in [9.17, 15) is 8.42 Å². The number of fused-ring (bicyclic) bond motifs is 3. The van der Waals surface area contributed by atoms with Crippen molar-refractivity contribution in [3.05, 3.63) is 47.5 Å². The minimum absolute atomic E-state index is 0.0373. The van der Waals surface area contributed by atoms with E-state index in [1.54, 1.807) is 25.2 Å². The molecule has 0 unspecified atom stereocenters. The van der Waals surface area contributed by atoms with Gasteiger partial charge >= 0.3 is 0 Å². The van der Waals surface area contributed by atoms with Crippen LogP contribution in [0.4, 0.5) is 0 Å². The first-order chi connectivity index (χ1) is 14.0. The molecule has 30 heavy (non-hydrogen) atoms. The van der Waals surface area contributed by atoms with Gasteiger partial charge < -0.3 is 5.73 Å². The van der Waals surface area contributed by atoms with E-state index < -0.39 is 20.1 Å². The van der Waals surface area contributed by atoms with Gasteiger partial charge in [0.1, 0.15) is 10.6 Å². The second-order valence-corrected chi connectivity index (χ2v) is 13.3. The molecule has 1 saturated carbocycles. The van der Waals surface area contributed by atoms with Crippen molar-refractivity contribution in [1.29, 1.82) is 0 Å². The molecule has 1 aromatic heterocycles. The highest BCUT2D eigenvalue weighted by Gasteiger charge is 2.48. The first-order valence-electron chi connectivity index (χ1n) is 10.6. The van der Waals surface area contributed by atoms with Crippen molar-refractivity contribution >= 4 is 47.2 Å². The maximum atomic E-state index is 12.9. The van der Waals surface area contributed by atoms with Gasteiger partial charge in [-0.25, -0.2) is 8.42 Å². The predicted octanol–water partition coefficient (Wildman–Crippen LogP) is 5.28. The lowest BCUT2D eigenvalue weighted by molar-refractivity contribution is 0.501. The molecule has 0 bridgehead atoms. The average molecular weight is 441 g/mol. The predicted molar refractivity (Wildman–Crippen MR) is 127 cm³/mol. The Hall–Kier alpha value is -1.92. The van der Waals surface area contributed by atoms with E-state index in [0.717, 1.165) is 10.9 Å². The summed E-state index contributed by atoms with van der Waals surface area (Å²) in [5.74, 6) is 0.148. The van der Waals surface area contributed by atoms with E-state index in [1.165, 1.54) is 39.6 Å². The lowest BCUT2D eigenvalue weighted by Crippen LogP contribution is -2.54. The number of nitrogens with zero attached hydrogens (tertiary/aromatic N) is 1. The highest BCUT2D eigenvalue weighted by molar-refractivity contribution is 7.93. The molecule has 158 valence electrons. The summed E-state index contributed by atoms with van der Waals surface area (Å²) in [7, 11) is -3.42. The van der Waals surface area contributed by atoms with Crippen LogP contribution in [0.3, 0.4) is 0 Å². The first-order valence-corrected chi connectivity index (χ1v) is 13.0. The second kappa shape index (κ2) is 6.07. The van der Waals surface area contributed by atoms with Gasteiger partial charge in [0.2, 0.25) is 0 Å². The Morgan fingerprint density at radius 3 is 2.33 bits per heavy atom. The van der Waals surface area contributed by atoms with Crippen molar-refractivity contribution in [2.45, 2.75) is 62.7 Å². The van der Waals surface area contributed by atoms with E-state index in [-0.39, 0.29) is 11.6 Å². The van der Waals surface area contributed by atoms with Crippen molar-refractivity contribution in [3.63, 3.8) is 0 Å². The zero-order valence-electron chi connectivity index (χ0n) is 18.0. The zero-order valence-corrected chi connectivity index (χ0v) is 19.6. The lowest BCUT2D eigenvalue weighted by atomic mass is 9.91. The molecule has 1 aliphatic heterocycles. The molecule has 0 amide bonds. The van der Waals surface area contributed by atoms with Crippen molar-refractivity contribution < 1.29 is 8.42 Å². The zero-order chi connectivity index (χ0) is 21.5. The lowest BCUT2D eigenvalue weighted by Gasteiger charge is -2.37. The number of amidine groups is 1. The number of thiophene rings is 1. The van der Waals surface area contributed by atoms with Crippen molar-refractivity contribution in [1.82, 2.24) is 0 Å². The summed E-state index contributed by atoms with van der Waals surface area (Å²) in [6, 6.07) is 13.1. The molecule has 2 aliphatic rings. The monoisotopic (exact) mass is 440 g/mol. The molecule has 4 nitrogen and oxygen atoms in total. The van der Waals surface area contributed by atoms with Gasteiger partial charge in [0, 0.05) is 20.2 Å². The summed E-state index contributed by atoms with van der Waals surface area (Å²) in [4.78, 5) is 4.69. The topological polar surface area (TPSA) is 72.5 Å². The van der Waals surface area contributed by atoms with Crippen LogP contribution in [0.1, 0.15) is 58.1 Å². The van der Waals surface area contributed by atoms with Crippen LogP contribution in [0.25, 0.3) is 20.2 Å². The molecule has 3 aromatic rings. The molecule has 0 radical (unpaired) electrons.